The largest absolute Gasteiger partial charge is 0.460 e. The third kappa shape index (κ3) is 6.02. The van der Waals surface area contributed by atoms with E-state index in [0.717, 1.165) is 73.1 Å². The number of carbonyl (C=O) groups excluding carboxylic acids is 2. The molecule has 10 nitrogen and oxygen atoms in total. The van der Waals surface area contributed by atoms with Gasteiger partial charge in [-0.25, -0.2) is 15.0 Å². The number of hydrogen-bond acceptors (Lipinski definition) is 10. The number of thiazole rings is 1. The molecule has 6 rings (SSSR count). The lowest BCUT2D eigenvalue weighted by Crippen LogP contribution is -2.58. The van der Waals surface area contributed by atoms with Gasteiger partial charge in [0.2, 0.25) is 5.91 Å². The Balaban J connectivity index is 1.03. The number of amides is 1. The highest BCUT2D eigenvalue weighted by Crippen LogP contribution is 2.36. The van der Waals surface area contributed by atoms with Gasteiger partial charge in [-0.3, -0.25) is 14.5 Å². The molecular formula is C29H36N6O4S. The van der Waals surface area contributed by atoms with Crippen LogP contribution in [-0.2, 0) is 25.7 Å². The summed E-state index contributed by atoms with van der Waals surface area (Å²) in [6, 6.07) is 7.05. The van der Waals surface area contributed by atoms with Gasteiger partial charge in [-0.1, -0.05) is 17.4 Å². The first-order chi connectivity index (χ1) is 19.4. The van der Waals surface area contributed by atoms with Crippen LogP contribution >= 0.6 is 11.3 Å². The van der Waals surface area contributed by atoms with Gasteiger partial charge >= 0.3 is 5.97 Å². The zero-order chi connectivity index (χ0) is 27.6. The molecule has 3 heterocycles. The Hall–Kier alpha value is -2.99. The number of carbonyl (C=O) groups is 2. The first-order valence-electron chi connectivity index (χ1n) is 14.2. The molecular weight excluding hydrogens is 528 g/mol. The first-order valence-corrected chi connectivity index (χ1v) is 15.0. The summed E-state index contributed by atoms with van der Waals surface area (Å²) in [4.78, 5) is 40.3. The minimum Gasteiger partial charge on any atom is -0.460 e. The Morgan fingerprint density at radius 2 is 1.95 bits per heavy atom. The quantitative estimate of drug-likeness (QED) is 0.394. The molecule has 0 spiro atoms. The Labute approximate surface area is 237 Å². The van der Waals surface area contributed by atoms with Gasteiger partial charge in [-0.05, 0) is 56.7 Å². The van der Waals surface area contributed by atoms with E-state index in [1.54, 1.807) is 12.4 Å². The average molecular weight is 565 g/mol. The van der Waals surface area contributed by atoms with Gasteiger partial charge in [0.1, 0.15) is 12.7 Å². The van der Waals surface area contributed by atoms with Crippen molar-refractivity contribution in [3.63, 3.8) is 0 Å². The molecule has 2 aliphatic carbocycles. The van der Waals surface area contributed by atoms with Crippen molar-refractivity contribution in [3.05, 3.63) is 36.4 Å². The fourth-order valence-electron chi connectivity index (χ4n) is 6.03. The molecule has 1 aromatic carbocycles. The lowest BCUT2D eigenvalue weighted by atomic mass is 9.78. The van der Waals surface area contributed by atoms with E-state index in [4.69, 9.17) is 9.47 Å². The van der Waals surface area contributed by atoms with E-state index < -0.39 is 0 Å². The normalized spacial score (nSPS) is 26.9. The minimum atomic E-state index is -0.277. The fraction of sp³-hybridized carbons (Fsp3) is 0.552. The van der Waals surface area contributed by atoms with Crippen LogP contribution in [0.3, 0.4) is 0 Å². The van der Waals surface area contributed by atoms with E-state index in [-0.39, 0.29) is 36.6 Å². The lowest BCUT2D eigenvalue weighted by Gasteiger charge is -2.47. The van der Waals surface area contributed by atoms with Gasteiger partial charge in [-0.2, -0.15) is 0 Å². The van der Waals surface area contributed by atoms with Crippen LogP contribution in [0.4, 0.5) is 5.13 Å². The molecule has 2 saturated carbocycles. The molecule has 11 heteroatoms. The van der Waals surface area contributed by atoms with E-state index in [9.17, 15) is 9.59 Å². The highest BCUT2D eigenvalue weighted by atomic mass is 32.1. The van der Waals surface area contributed by atoms with Crippen LogP contribution in [0.1, 0.15) is 51.8 Å². The molecule has 3 unspecified atom stereocenters. The number of nitrogens with zero attached hydrogens (tertiary/aromatic N) is 4. The summed E-state index contributed by atoms with van der Waals surface area (Å²) in [5, 5.41) is 7.13. The summed E-state index contributed by atoms with van der Waals surface area (Å²) in [5.41, 5.74) is 2.74. The van der Waals surface area contributed by atoms with Gasteiger partial charge < -0.3 is 20.1 Å². The standard InChI is InChI=1S/C29H36N6O4S/c1-17-13-30-8-9-35(17)22-10-20(11-22)28(37)34-29-33-23-7-6-19(12-26(23)40-29)21-14-31-27(32-15-21)16-38-24-4-3-5-25(24)39-18(2)36/h6-7,12,14-15,17,20,22,24-25,30H,3-5,8-11,13,16H2,1-2H3,(H,33,34,37). The molecule has 3 aliphatic rings. The molecule has 1 saturated heterocycles. The number of esters is 1. The van der Waals surface area contributed by atoms with E-state index in [1.807, 2.05) is 12.1 Å². The SMILES string of the molecule is CC(=O)OC1CCCC1OCc1ncc(-c2ccc3nc(NC(=O)C4CC(N5CCNCC5C)C4)sc3c2)cn1. The predicted molar refractivity (Wildman–Crippen MR) is 153 cm³/mol. The number of anilines is 1. The van der Waals surface area contributed by atoms with Gasteiger partial charge in [-0.15, -0.1) is 0 Å². The topological polar surface area (TPSA) is 119 Å². The number of aromatic nitrogens is 3. The summed E-state index contributed by atoms with van der Waals surface area (Å²) >= 11 is 1.49. The second-order valence-electron chi connectivity index (χ2n) is 11.1. The zero-order valence-corrected chi connectivity index (χ0v) is 23.8. The molecule has 1 amide bonds. The molecule has 40 heavy (non-hydrogen) atoms. The Kier molecular flexibility index (Phi) is 8.06. The van der Waals surface area contributed by atoms with Gasteiger partial charge in [0, 0.05) is 62.5 Å². The maximum Gasteiger partial charge on any atom is 0.302 e. The van der Waals surface area contributed by atoms with Crippen LogP contribution < -0.4 is 10.6 Å². The average Bonchev–Trinajstić information content (AvgIpc) is 3.53. The van der Waals surface area contributed by atoms with Crippen molar-refractivity contribution in [1.82, 2.24) is 25.2 Å². The first kappa shape index (κ1) is 27.2. The highest BCUT2D eigenvalue weighted by molar-refractivity contribution is 7.22. The number of hydrogen-bond donors (Lipinski definition) is 2. The van der Waals surface area contributed by atoms with Crippen LogP contribution in [0.25, 0.3) is 21.3 Å². The lowest BCUT2D eigenvalue weighted by molar-refractivity contribution is -0.153. The molecule has 3 aromatic rings. The van der Waals surface area contributed by atoms with Crippen molar-refractivity contribution >= 4 is 38.6 Å². The zero-order valence-electron chi connectivity index (χ0n) is 23.0. The fourth-order valence-corrected chi connectivity index (χ4v) is 6.94. The van der Waals surface area contributed by atoms with E-state index in [1.165, 1.54) is 18.3 Å². The summed E-state index contributed by atoms with van der Waals surface area (Å²) < 4.78 is 12.3. The van der Waals surface area contributed by atoms with E-state index in [0.29, 0.717) is 23.0 Å². The van der Waals surface area contributed by atoms with Crippen LogP contribution in [0, 0.1) is 5.92 Å². The molecule has 1 aliphatic heterocycles. The molecule has 3 atom stereocenters. The number of nitrogens with one attached hydrogen (secondary N) is 2. The summed E-state index contributed by atoms with van der Waals surface area (Å²) in [5.74, 6) is 0.434. The maximum absolute atomic E-state index is 12.9. The minimum absolute atomic E-state index is 0.0514. The molecule has 3 fully saturated rings. The second-order valence-corrected chi connectivity index (χ2v) is 12.2. The Morgan fingerprint density at radius 1 is 1.15 bits per heavy atom. The number of ether oxygens (including phenoxy) is 2. The van der Waals surface area contributed by atoms with Crippen molar-refractivity contribution < 1.29 is 19.1 Å². The van der Waals surface area contributed by atoms with Crippen molar-refractivity contribution in [1.29, 1.82) is 0 Å². The monoisotopic (exact) mass is 564 g/mol. The second kappa shape index (κ2) is 11.9. The molecule has 2 N–H and O–H groups in total. The van der Waals surface area contributed by atoms with Crippen molar-refractivity contribution in [2.75, 3.05) is 25.0 Å². The summed E-state index contributed by atoms with van der Waals surface area (Å²) in [7, 11) is 0. The van der Waals surface area contributed by atoms with Crippen LogP contribution in [0.15, 0.2) is 30.6 Å². The summed E-state index contributed by atoms with van der Waals surface area (Å²) in [6.45, 7) is 7.05. The third-order valence-electron chi connectivity index (χ3n) is 8.30. The van der Waals surface area contributed by atoms with E-state index >= 15 is 0 Å². The number of benzene rings is 1. The number of rotatable bonds is 8. The van der Waals surface area contributed by atoms with Gasteiger partial charge in [0.15, 0.2) is 11.0 Å². The molecule has 212 valence electrons. The maximum atomic E-state index is 12.9. The Morgan fingerprint density at radius 3 is 2.73 bits per heavy atom. The Bertz CT molecular complexity index is 1360. The van der Waals surface area contributed by atoms with E-state index in [2.05, 4.69) is 43.5 Å². The molecule has 0 radical (unpaired) electrons. The number of fused-ring (bicyclic) bond motifs is 1. The summed E-state index contributed by atoms with van der Waals surface area (Å²) in [6.07, 6.45) is 7.78. The van der Waals surface area contributed by atoms with Gasteiger partial charge in [0.05, 0.1) is 16.3 Å². The van der Waals surface area contributed by atoms with Gasteiger partial charge in [0.25, 0.3) is 0 Å². The van der Waals surface area contributed by atoms with Crippen LogP contribution in [0.5, 0.6) is 0 Å². The number of piperazine rings is 1. The molecule has 0 bridgehead atoms. The predicted octanol–water partition coefficient (Wildman–Crippen LogP) is 3.76. The highest BCUT2D eigenvalue weighted by Gasteiger charge is 2.40. The third-order valence-corrected chi connectivity index (χ3v) is 9.23. The van der Waals surface area contributed by atoms with Crippen LogP contribution in [-0.4, -0.2) is 75.7 Å². The van der Waals surface area contributed by atoms with Crippen molar-refractivity contribution in [3.8, 4) is 11.1 Å². The van der Waals surface area contributed by atoms with Crippen molar-refractivity contribution in [2.45, 2.75) is 76.9 Å². The van der Waals surface area contributed by atoms with Crippen LogP contribution in [0.2, 0.25) is 0 Å². The smallest absolute Gasteiger partial charge is 0.302 e. The van der Waals surface area contributed by atoms with Crippen molar-refractivity contribution in [2.24, 2.45) is 5.92 Å². The molecule has 2 aromatic heterocycles.